The zero-order valence-electron chi connectivity index (χ0n) is 25.3. The molecule has 0 heterocycles. The lowest BCUT2D eigenvalue weighted by atomic mass is 9.64. The maximum atomic E-state index is 13.1. The maximum Gasteiger partial charge on any atom is 0.319 e. The Morgan fingerprint density at radius 1 is 0.630 bits per heavy atom. The molecule has 46 heavy (non-hydrogen) atoms. The van der Waals surface area contributed by atoms with E-state index in [9.17, 15) is 19.8 Å². The molecule has 6 rings (SSSR count). The van der Waals surface area contributed by atoms with E-state index in [0.29, 0.717) is 33.4 Å². The number of hydrogen-bond acceptors (Lipinski definition) is 8. The van der Waals surface area contributed by atoms with Crippen molar-refractivity contribution in [1.29, 1.82) is 10.8 Å². The Labute approximate surface area is 265 Å². The van der Waals surface area contributed by atoms with Gasteiger partial charge in [-0.05, 0) is 58.4 Å². The van der Waals surface area contributed by atoms with Gasteiger partial charge in [0.25, 0.3) is 0 Å². The minimum absolute atomic E-state index is 0.0640. The van der Waals surface area contributed by atoms with Gasteiger partial charge in [-0.15, -0.1) is 0 Å². The Kier molecular flexibility index (Phi) is 7.15. The summed E-state index contributed by atoms with van der Waals surface area (Å²) in [6.45, 7) is 3.81. The number of nitrogens with two attached hydrogens (primary N) is 2. The SMILES string of the molecule is Cc1cc(C2(C(=O)O)CC(=NN)C(=N)c3ccccc32)ccc1-c1ccc(C2(C(=O)O)CC(=NN)C(=N)c3ccccc32)cc1C. The van der Waals surface area contributed by atoms with Crippen LogP contribution < -0.4 is 11.7 Å². The van der Waals surface area contributed by atoms with Gasteiger partial charge in [0.2, 0.25) is 0 Å². The molecule has 230 valence electrons. The Hall–Kier alpha value is -5.90. The van der Waals surface area contributed by atoms with Gasteiger partial charge in [0.05, 0.1) is 22.8 Å². The van der Waals surface area contributed by atoms with Gasteiger partial charge in [-0.1, -0.05) is 84.9 Å². The van der Waals surface area contributed by atoms with Crippen LogP contribution in [0.2, 0.25) is 0 Å². The lowest BCUT2D eigenvalue weighted by molar-refractivity contribution is -0.142. The smallest absolute Gasteiger partial charge is 0.319 e. The van der Waals surface area contributed by atoms with Crippen molar-refractivity contribution >= 4 is 34.8 Å². The molecular formula is C36H32N6O4. The fourth-order valence-corrected chi connectivity index (χ4v) is 7.15. The number of carbonyl (C=O) groups is 2. The molecule has 2 unspecified atom stereocenters. The van der Waals surface area contributed by atoms with Crippen LogP contribution in [0.25, 0.3) is 11.1 Å². The van der Waals surface area contributed by atoms with Gasteiger partial charge >= 0.3 is 11.9 Å². The molecular weight excluding hydrogens is 580 g/mol. The van der Waals surface area contributed by atoms with Crippen molar-refractivity contribution < 1.29 is 19.8 Å². The van der Waals surface area contributed by atoms with E-state index < -0.39 is 22.8 Å². The molecule has 2 aliphatic carbocycles. The average Bonchev–Trinajstić information content (AvgIpc) is 3.05. The number of hydrazone groups is 2. The van der Waals surface area contributed by atoms with Gasteiger partial charge in [-0.25, -0.2) is 0 Å². The predicted molar refractivity (Wildman–Crippen MR) is 177 cm³/mol. The Morgan fingerprint density at radius 3 is 1.33 bits per heavy atom. The van der Waals surface area contributed by atoms with Crippen molar-refractivity contribution in [2.24, 2.45) is 21.9 Å². The van der Waals surface area contributed by atoms with Crippen molar-refractivity contribution in [2.45, 2.75) is 37.5 Å². The van der Waals surface area contributed by atoms with E-state index in [1.54, 1.807) is 60.7 Å². The molecule has 0 radical (unpaired) electrons. The second-order valence-electron chi connectivity index (χ2n) is 11.8. The fraction of sp³-hybridized carbons (Fsp3) is 0.167. The lowest BCUT2D eigenvalue weighted by Gasteiger charge is -2.37. The van der Waals surface area contributed by atoms with Crippen LogP contribution in [0.3, 0.4) is 0 Å². The molecule has 2 aliphatic rings. The van der Waals surface area contributed by atoms with Crippen molar-refractivity contribution in [1.82, 2.24) is 0 Å². The van der Waals surface area contributed by atoms with Crippen molar-refractivity contribution in [3.8, 4) is 11.1 Å². The minimum Gasteiger partial charge on any atom is -0.480 e. The second-order valence-corrected chi connectivity index (χ2v) is 11.8. The number of nitrogens with one attached hydrogen (secondary N) is 2. The van der Waals surface area contributed by atoms with E-state index in [0.717, 1.165) is 22.3 Å². The molecule has 2 atom stereocenters. The zero-order valence-corrected chi connectivity index (χ0v) is 25.3. The van der Waals surface area contributed by atoms with Gasteiger partial charge in [0.1, 0.15) is 10.8 Å². The highest BCUT2D eigenvalue weighted by Crippen LogP contribution is 2.45. The summed E-state index contributed by atoms with van der Waals surface area (Å²) in [6.07, 6.45) is -0.128. The second kappa shape index (κ2) is 10.9. The normalized spacial score (nSPS) is 22.4. The molecule has 0 fully saturated rings. The van der Waals surface area contributed by atoms with Gasteiger partial charge in [-0.2, -0.15) is 10.2 Å². The summed E-state index contributed by atoms with van der Waals surface area (Å²) in [4.78, 5) is 26.2. The lowest BCUT2D eigenvalue weighted by Crippen LogP contribution is -2.46. The summed E-state index contributed by atoms with van der Waals surface area (Å²) in [6, 6.07) is 25.0. The summed E-state index contributed by atoms with van der Waals surface area (Å²) < 4.78 is 0. The zero-order chi connectivity index (χ0) is 33.0. The first-order chi connectivity index (χ1) is 22.0. The quantitative estimate of drug-likeness (QED) is 0.137. The van der Waals surface area contributed by atoms with Gasteiger partial charge in [0, 0.05) is 24.0 Å². The Balaban J connectivity index is 1.47. The topological polar surface area (TPSA) is 199 Å². The molecule has 0 amide bonds. The van der Waals surface area contributed by atoms with Crippen LogP contribution in [0.15, 0.2) is 95.1 Å². The third-order valence-corrected chi connectivity index (χ3v) is 9.53. The summed E-state index contributed by atoms with van der Waals surface area (Å²) >= 11 is 0. The van der Waals surface area contributed by atoms with Gasteiger partial charge in [-0.3, -0.25) is 20.4 Å². The monoisotopic (exact) mass is 612 g/mol. The van der Waals surface area contributed by atoms with Crippen LogP contribution in [0.1, 0.15) is 57.3 Å². The number of nitrogens with zero attached hydrogens (tertiary/aromatic N) is 2. The largest absolute Gasteiger partial charge is 0.480 e. The number of carboxylic acid groups (broad SMARTS) is 2. The van der Waals surface area contributed by atoms with Crippen LogP contribution in [-0.4, -0.2) is 45.0 Å². The summed E-state index contributed by atoms with van der Waals surface area (Å²) in [5.74, 6) is 9.13. The van der Waals surface area contributed by atoms with E-state index in [1.807, 2.05) is 38.1 Å². The summed E-state index contributed by atoms with van der Waals surface area (Å²) in [5, 5.41) is 46.1. The molecule has 10 heteroatoms. The Morgan fingerprint density at radius 2 is 1.00 bits per heavy atom. The summed E-state index contributed by atoms with van der Waals surface area (Å²) in [7, 11) is 0. The molecule has 10 nitrogen and oxygen atoms in total. The first-order valence-corrected chi connectivity index (χ1v) is 14.6. The van der Waals surface area contributed by atoms with Crippen LogP contribution >= 0.6 is 0 Å². The van der Waals surface area contributed by atoms with E-state index in [4.69, 9.17) is 22.5 Å². The van der Waals surface area contributed by atoms with Crippen LogP contribution in [-0.2, 0) is 20.4 Å². The van der Waals surface area contributed by atoms with E-state index in [1.165, 1.54) is 0 Å². The number of rotatable bonds is 5. The van der Waals surface area contributed by atoms with Crippen LogP contribution in [0, 0.1) is 24.7 Å². The van der Waals surface area contributed by atoms with Crippen LogP contribution in [0.5, 0.6) is 0 Å². The molecule has 0 saturated heterocycles. The minimum atomic E-state index is -1.50. The first-order valence-electron chi connectivity index (χ1n) is 14.6. The predicted octanol–water partition coefficient (Wildman–Crippen LogP) is 4.88. The number of benzene rings is 4. The van der Waals surface area contributed by atoms with E-state index in [-0.39, 0.29) is 35.7 Å². The standard InChI is InChI=1S/C36H32N6O4/c1-19-15-21(35(33(43)44)17-29(41-39)31(37)25-7-3-5-9-27(25)35)11-13-23(19)24-14-12-22(16-20(24)2)36(34(45)46)18-30(42-40)32(38)26-8-4-6-10-28(26)36/h3-16,37-38H,17-18,39-40H2,1-2H3,(H,43,44)(H,45,46). The van der Waals surface area contributed by atoms with Crippen molar-refractivity contribution in [3.05, 3.63) is 129 Å². The fourth-order valence-electron chi connectivity index (χ4n) is 7.15. The molecule has 4 aromatic rings. The highest BCUT2D eigenvalue weighted by atomic mass is 16.4. The number of fused-ring (bicyclic) bond motifs is 2. The van der Waals surface area contributed by atoms with Crippen molar-refractivity contribution in [3.63, 3.8) is 0 Å². The molecule has 0 saturated carbocycles. The highest BCUT2D eigenvalue weighted by Gasteiger charge is 2.50. The van der Waals surface area contributed by atoms with Crippen LogP contribution in [0.4, 0.5) is 0 Å². The molecule has 0 aliphatic heterocycles. The maximum absolute atomic E-state index is 13.1. The number of aryl methyl sites for hydroxylation is 2. The number of carboxylic acids is 2. The molecule has 8 N–H and O–H groups in total. The Bertz CT molecular complexity index is 1920. The average molecular weight is 613 g/mol. The molecule has 0 aromatic heterocycles. The summed E-state index contributed by atoms with van der Waals surface area (Å²) in [5.41, 5.74) is 4.04. The molecule has 0 bridgehead atoms. The molecule has 0 spiro atoms. The highest BCUT2D eigenvalue weighted by molar-refractivity contribution is 6.50. The third kappa shape index (κ3) is 4.17. The molecule has 4 aromatic carbocycles. The van der Waals surface area contributed by atoms with Gasteiger partial charge < -0.3 is 21.9 Å². The first kappa shape index (κ1) is 30.1. The van der Waals surface area contributed by atoms with Crippen molar-refractivity contribution in [2.75, 3.05) is 0 Å². The number of hydrogen-bond donors (Lipinski definition) is 6. The third-order valence-electron chi connectivity index (χ3n) is 9.53. The van der Waals surface area contributed by atoms with E-state index in [2.05, 4.69) is 10.2 Å². The number of aliphatic carboxylic acids is 2. The van der Waals surface area contributed by atoms with Gasteiger partial charge in [0.15, 0.2) is 0 Å². The van der Waals surface area contributed by atoms with E-state index >= 15 is 0 Å².